The van der Waals surface area contributed by atoms with E-state index in [-0.39, 0.29) is 0 Å². The van der Waals surface area contributed by atoms with E-state index in [2.05, 4.69) is 5.32 Å². The number of hydrogen-bond donors (Lipinski definition) is 1. The maximum Gasteiger partial charge on any atom is 0.0621 e. The Balaban J connectivity index is 1.93. The van der Waals surface area contributed by atoms with Crippen LogP contribution in [0.3, 0.4) is 0 Å². The van der Waals surface area contributed by atoms with Gasteiger partial charge >= 0.3 is 0 Å². The molecule has 1 spiro atoms. The Morgan fingerprint density at radius 2 is 1.92 bits per heavy atom. The lowest BCUT2D eigenvalue weighted by molar-refractivity contribution is 0.00737. The Morgan fingerprint density at radius 3 is 2.38 bits per heavy atom. The van der Waals surface area contributed by atoms with Crippen molar-refractivity contribution in [3.05, 3.63) is 0 Å². The third kappa shape index (κ3) is 1.75. The molecule has 2 rings (SSSR count). The van der Waals surface area contributed by atoms with E-state index in [0.29, 0.717) is 11.5 Å². The standard InChI is InChI=1S/C11H21NO/c1-13-8-10-11(9-12-10)6-4-2-3-5-7-11/h10,12H,2-9H2,1H3. The number of methoxy groups -OCH3 is 1. The highest BCUT2D eigenvalue weighted by Gasteiger charge is 2.45. The van der Waals surface area contributed by atoms with E-state index in [0.717, 1.165) is 6.61 Å². The third-order valence-electron chi connectivity index (χ3n) is 3.87. The van der Waals surface area contributed by atoms with E-state index in [1.807, 2.05) is 7.11 Å². The zero-order valence-corrected chi connectivity index (χ0v) is 8.64. The molecule has 76 valence electrons. The van der Waals surface area contributed by atoms with Crippen LogP contribution in [0.25, 0.3) is 0 Å². The van der Waals surface area contributed by atoms with Crippen LogP contribution in [0.1, 0.15) is 38.5 Å². The molecule has 1 aliphatic heterocycles. The van der Waals surface area contributed by atoms with E-state index in [9.17, 15) is 0 Å². The molecule has 0 bridgehead atoms. The second-order valence-electron chi connectivity index (χ2n) is 4.67. The van der Waals surface area contributed by atoms with Crippen molar-refractivity contribution >= 4 is 0 Å². The van der Waals surface area contributed by atoms with Gasteiger partial charge in [-0.25, -0.2) is 0 Å². The fourth-order valence-electron chi connectivity index (χ4n) is 2.90. The summed E-state index contributed by atoms with van der Waals surface area (Å²) < 4.78 is 5.25. The van der Waals surface area contributed by atoms with Crippen molar-refractivity contribution in [2.24, 2.45) is 5.41 Å². The summed E-state index contributed by atoms with van der Waals surface area (Å²) in [6, 6.07) is 0.649. The van der Waals surface area contributed by atoms with Gasteiger partial charge in [0, 0.05) is 25.1 Å². The van der Waals surface area contributed by atoms with E-state index < -0.39 is 0 Å². The summed E-state index contributed by atoms with van der Waals surface area (Å²) >= 11 is 0. The summed E-state index contributed by atoms with van der Waals surface area (Å²) in [4.78, 5) is 0. The number of rotatable bonds is 2. The molecule has 0 aromatic heterocycles. The Hall–Kier alpha value is -0.0800. The first kappa shape index (κ1) is 9.47. The zero-order chi connectivity index (χ0) is 9.15. The highest BCUT2D eigenvalue weighted by Crippen LogP contribution is 2.42. The minimum absolute atomic E-state index is 0.618. The Bertz CT molecular complexity index is 161. The molecule has 2 aliphatic rings. The number of ether oxygens (including phenoxy) is 1. The molecule has 1 N–H and O–H groups in total. The SMILES string of the molecule is COCC1NCC12CCCCCC2. The molecule has 13 heavy (non-hydrogen) atoms. The monoisotopic (exact) mass is 183 g/mol. The molecule has 2 fully saturated rings. The van der Waals surface area contributed by atoms with Crippen LogP contribution in [0.4, 0.5) is 0 Å². The molecule has 1 unspecified atom stereocenters. The number of hydrogen-bond acceptors (Lipinski definition) is 2. The van der Waals surface area contributed by atoms with Gasteiger partial charge in [-0.3, -0.25) is 0 Å². The molecule has 2 heteroatoms. The highest BCUT2D eigenvalue weighted by molar-refractivity contribution is 5.02. The predicted octanol–water partition coefficient (Wildman–Crippen LogP) is 1.95. The topological polar surface area (TPSA) is 21.3 Å². The maximum atomic E-state index is 5.25. The fourth-order valence-corrected chi connectivity index (χ4v) is 2.90. The van der Waals surface area contributed by atoms with Crippen molar-refractivity contribution in [1.82, 2.24) is 5.32 Å². The minimum atomic E-state index is 0.618. The Labute approximate surface area is 81.0 Å². The molecule has 0 amide bonds. The summed E-state index contributed by atoms with van der Waals surface area (Å²) in [6.07, 6.45) is 8.61. The lowest BCUT2D eigenvalue weighted by Crippen LogP contribution is -2.64. The van der Waals surface area contributed by atoms with E-state index in [1.165, 1.54) is 45.1 Å². The molecule has 2 nitrogen and oxygen atoms in total. The van der Waals surface area contributed by atoms with Crippen LogP contribution in [0, 0.1) is 5.41 Å². The highest BCUT2D eigenvalue weighted by atomic mass is 16.5. The van der Waals surface area contributed by atoms with Gasteiger partial charge in [-0.2, -0.15) is 0 Å². The Kier molecular flexibility index (Phi) is 2.89. The minimum Gasteiger partial charge on any atom is -0.383 e. The fraction of sp³-hybridized carbons (Fsp3) is 1.00. The van der Waals surface area contributed by atoms with E-state index in [4.69, 9.17) is 4.74 Å². The van der Waals surface area contributed by atoms with Gasteiger partial charge in [-0.05, 0) is 12.8 Å². The van der Waals surface area contributed by atoms with Gasteiger partial charge in [-0.1, -0.05) is 25.7 Å². The van der Waals surface area contributed by atoms with Crippen LogP contribution in [0.5, 0.6) is 0 Å². The summed E-state index contributed by atoms with van der Waals surface area (Å²) in [5.74, 6) is 0. The van der Waals surface area contributed by atoms with Crippen LogP contribution in [0.15, 0.2) is 0 Å². The summed E-state index contributed by atoms with van der Waals surface area (Å²) in [7, 11) is 1.81. The maximum absolute atomic E-state index is 5.25. The van der Waals surface area contributed by atoms with Crippen molar-refractivity contribution in [3.8, 4) is 0 Å². The Morgan fingerprint density at radius 1 is 1.23 bits per heavy atom. The first-order chi connectivity index (χ1) is 6.37. The molecule has 1 heterocycles. The average Bonchev–Trinajstić information content (AvgIpc) is 2.39. The van der Waals surface area contributed by atoms with E-state index >= 15 is 0 Å². The second-order valence-corrected chi connectivity index (χ2v) is 4.67. The molecule has 0 radical (unpaired) electrons. The molecule has 1 atom stereocenters. The van der Waals surface area contributed by atoms with Crippen LogP contribution >= 0.6 is 0 Å². The molecule has 1 saturated heterocycles. The average molecular weight is 183 g/mol. The quantitative estimate of drug-likeness (QED) is 0.706. The summed E-state index contributed by atoms with van der Waals surface area (Å²) in [5.41, 5.74) is 0.618. The van der Waals surface area contributed by atoms with Gasteiger partial charge in [-0.15, -0.1) is 0 Å². The lowest BCUT2D eigenvalue weighted by atomic mass is 9.68. The smallest absolute Gasteiger partial charge is 0.0621 e. The molecule has 1 saturated carbocycles. The lowest BCUT2D eigenvalue weighted by Gasteiger charge is -2.50. The number of nitrogens with one attached hydrogen (secondary N) is 1. The summed E-state index contributed by atoms with van der Waals surface area (Å²) in [5, 5.41) is 3.51. The van der Waals surface area contributed by atoms with Crippen LogP contribution in [-0.2, 0) is 4.74 Å². The van der Waals surface area contributed by atoms with Gasteiger partial charge in [0.1, 0.15) is 0 Å². The molecule has 0 aromatic rings. The first-order valence-electron chi connectivity index (χ1n) is 5.60. The van der Waals surface area contributed by atoms with Gasteiger partial charge in [0.25, 0.3) is 0 Å². The van der Waals surface area contributed by atoms with Crippen molar-refractivity contribution in [3.63, 3.8) is 0 Å². The molecular weight excluding hydrogens is 162 g/mol. The van der Waals surface area contributed by atoms with Crippen molar-refractivity contribution in [1.29, 1.82) is 0 Å². The van der Waals surface area contributed by atoms with Crippen LogP contribution in [0.2, 0.25) is 0 Å². The second kappa shape index (κ2) is 3.97. The molecular formula is C11H21NO. The van der Waals surface area contributed by atoms with Gasteiger partial charge in [0.15, 0.2) is 0 Å². The predicted molar refractivity (Wildman–Crippen MR) is 53.8 cm³/mol. The summed E-state index contributed by atoms with van der Waals surface area (Å²) in [6.45, 7) is 2.14. The zero-order valence-electron chi connectivity index (χ0n) is 8.64. The third-order valence-corrected chi connectivity index (χ3v) is 3.87. The van der Waals surface area contributed by atoms with Crippen molar-refractivity contribution < 1.29 is 4.74 Å². The normalized spacial score (nSPS) is 32.5. The van der Waals surface area contributed by atoms with Gasteiger partial charge in [0.05, 0.1) is 6.61 Å². The molecule has 1 aliphatic carbocycles. The van der Waals surface area contributed by atoms with Crippen molar-refractivity contribution in [2.75, 3.05) is 20.3 Å². The van der Waals surface area contributed by atoms with Crippen LogP contribution in [-0.4, -0.2) is 26.3 Å². The van der Waals surface area contributed by atoms with Gasteiger partial charge < -0.3 is 10.1 Å². The van der Waals surface area contributed by atoms with Gasteiger partial charge in [0.2, 0.25) is 0 Å². The van der Waals surface area contributed by atoms with Crippen LogP contribution < -0.4 is 5.32 Å². The molecule has 0 aromatic carbocycles. The first-order valence-corrected chi connectivity index (χ1v) is 5.60. The largest absolute Gasteiger partial charge is 0.383 e. The van der Waals surface area contributed by atoms with Crippen molar-refractivity contribution in [2.45, 2.75) is 44.6 Å². The van der Waals surface area contributed by atoms with E-state index in [1.54, 1.807) is 0 Å².